The van der Waals surface area contributed by atoms with Crippen LogP contribution < -0.4 is 15.0 Å². The van der Waals surface area contributed by atoms with Gasteiger partial charge in [0, 0.05) is 24.9 Å². The highest BCUT2D eigenvalue weighted by molar-refractivity contribution is 6.33. The molecular formula is C20H19ClN2O3. The van der Waals surface area contributed by atoms with Crippen molar-refractivity contribution < 1.29 is 14.3 Å². The van der Waals surface area contributed by atoms with E-state index in [1.165, 1.54) is 0 Å². The predicted molar refractivity (Wildman–Crippen MR) is 99.3 cm³/mol. The van der Waals surface area contributed by atoms with E-state index in [9.17, 15) is 9.59 Å². The first kappa shape index (κ1) is 16.9. The summed E-state index contributed by atoms with van der Waals surface area (Å²) in [6.07, 6.45) is 0.916. The summed E-state index contributed by atoms with van der Waals surface area (Å²) in [5.41, 5.74) is 1.64. The van der Waals surface area contributed by atoms with Crippen molar-refractivity contribution in [2.75, 3.05) is 18.1 Å². The summed E-state index contributed by atoms with van der Waals surface area (Å²) in [7, 11) is 0. The van der Waals surface area contributed by atoms with E-state index in [1.54, 1.807) is 17.0 Å². The van der Waals surface area contributed by atoms with Gasteiger partial charge in [0.1, 0.15) is 5.75 Å². The second-order valence-corrected chi connectivity index (χ2v) is 7.00. The Kier molecular flexibility index (Phi) is 4.55. The summed E-state index contributed by atoms with van der Waals surface area (Å²) >= 11 is 6.20. The van der Waals surface area contributed by atoms with Gasteiger partial charge in [0.05, 0.1) is 29.3 Å². The molecule has 134 valence electrons. The molecule has 26 heavy (non-hydrogen) atoms. The Bertz CT molecular complexity index is 854. The topological polar surface area (TPSA) is 58.6 Å². The van der Waals surface area contributed by atoms with Crippen LogP contribution in [0, 0.1) is 5.92 Å². The molecule has 2 aromatic rings. The van der Waals surface area contributed by atoms with Crippen molar-refractivity contribution in [1.82, 2.24) is 5.32 Å². The molecule has 2 heterocycles. The molecule has 5 nitrogen and oxygen atoms in total. The molecule has 6 heteroatoms. The molecule has 0 spiro atoms. The Hall–Kier alpha value is -2.53. The van der Waals surface area contributed by atoms with Crippen molar-refractivity contribution in [2.24, 2.45) is 5.92 Å². The maximum Gasteiger partial charge on any atom is 0.227 e. The van der Waals surface area contributed by atoms with E-state index in [-0.39, 0.29) is 30.2 Å². The fourth-order valence-corrected chi connectivity index (χ4v) is 3.81. The fourth-order valence-electron chi connectivity index (χ4n) is 3.57. The van der Waals surface area contributed by atoms with Crippen molar-refractivity contribution in [3.05, 3.63) is 59.1 Å². The highest BCUT2D eigenvalue weighted by Gasteiger charge is 2.37. The SMILES string of the molecule is O=C(N[C@@H]1CCOc2ccccc21)[C@@H]1CC(=O)N(c2ccccc2Cl)C1. The Morgan fingerprint density at radius 2 is 1.92 bits per heavy atom. The van der Waals surface area contributed by atoms with Crippen LogP contribution in [0.2, 0.25) is 5.02 Å². The number of nitrogens with zero attached hydrogens (tertiary/aromatic N) is 1. The predicted octanol–water partition coefficient (Wildman–Crippen LogP) is 3.33. The zero-order chi connectivity index (χ0) is 18.1. The van der Waals surface area contributed by atoms with Gasteiger partial charge in [0.25, 0.3) is 0 Å². The van der Waals surface area contributed by atoms with Crippen molar-refractivity contribution in [2.45, 2.75) is 18.9 Å². The van der Waals surface area contributed by atoms with E-state index < -0.39 is 0 Å². The molecule has 2 aromatic carbocycles. The van der Waals surface area contributed by atoms with Crippen LogP contribution in [-0.4, -0.2) is 25.0 Å². The van der Waals surface area contributed by atoms with Gasteiger partial charge in [0.2, 0.25) is 11.8 Å². The Morgan fingerprint density at radius 1 is 1.15 bits per heavy atom. The number of hydrogen-bond acceptors (Lipinski definition) is 3. The van der Waals surface area contributed by atoms with Gasteiger partial charge in [-0.1, -0.05) is 41.9 Å². The molecule has 2 atom stereocenters. The van der Waals surface area contributed by atoms with E-state index in [0.717, 1.165) is 17.7 Å². The second-order valence-electron chi connectivity index (χ2n) is 6.59. The summed E-state index contributed by atoms with van der Waals surface area (Å²) in [6.45, 7) is 0.913. The monoisotopic (exact) mass is 370 g/mol. The lowest BCUT2D eigenvalue weighted by molar-refractivity contribution is -0.127. The van der Waals surface area contributed by atoms with Gasteiger partial charge in [-0.25, -0.2) is 0 Å². The Morgan fingerprint density at radius 3 is 2.77 bits per heavy atom. The molecule has 0 unspecified atom stereocenters. The zero-order valence-corrected chi connectivity index (χ0v) is 14.9. The van der Waals surface area contributed by atoms with Crippen LogP contribution in [0.4, 0.5) is 5.69 Å². The van der Waals surface area contributed by atoms with Crippen LogP contribution in [0.15, 0.2) is 48.5 Å². The number of hydrogen-bond donors (Lipinski definition) is 1. The zero-order valence-electron chi connectivity index (χ0n) is 14.2. The number of nitrogens with one attached hydrogen (secondary N) is 1. The van der Waals surface area contributed by atoms with Crippen LogP contribution in [0.25, 0.3) is 0 Å². The molecule has 0 aliphatic carbocycles. The minimum atomic E-state index is -0.381. The summed E-state index contributed by atoms with van der Waals surface area (Å²) < 4.78 is 5.64. The third-order valence-electron chi connectivity index (χ3n) is 4.91. The number of carbonyl (C=O) groups is 2. The van der Waals surface area contributed by atoms with Gasteiger partial charge in [-0.15, -0.1) is 0 Å². The van der Waals surface area contributed by atoms with Gasteiger partial charge in [-0.2, -0.15) is 0 Å². The van der Waals surface area contributed by atoms with Gasteiger partial charge < -0.3 is 15.0 Å². The summed E-state index contributed by atoms with van der Waals surface area (Å²) in [5.74, 6) is 0.248. The van der Waals surface area contributed by atoms with E-state index >= 15 is 0 Å². The van der Waals surface area contributed by atoms with Crippen LogP contribution in [0.5, 0.6) is 5.75 Å². The average molecular weight is 371 g/mol. The molecule has 0 saturated carbocycles. The number of amides is 2. The maximum atomic E-state index is 12.8. The quantitative estimate of drug-likeness (QED) is 0.901. The molecular weight excluding hydrogens is 352 g/mol. The number of ether oxygens (including phenoxy) is 1. The van der Waals surface area contributed by atoms with E-state index in [2.05, 4.69) is 5.32 Å². The molecule has 2 aliphatic rings. The number of fused-ring (bicyclic) bond motifs is 1. The first-order chi connectivity index (χ1) is 12.6. The van der Waals surface area contributed by atoms with E-state index in [1.807, 2.05) is 36.4 Å². The number of rotatable bonds is 3. The summed E-state index contributed by atoms with van der Waals surface area (Å²) in [4.78, 5) is 26.8. The van der Waals surface area contributed by atoms with Crippen molar-refractivity contribution in [1.29, 1.82) is 0 Å². The van der Waals surface area contributed by atoms with Gasteiger partial charge in [-0.3, -0.25) is 9.59 Å². The number of para-hydroxylation sites is 2. The van der Waals surface area contributed by atoms with Crippen LogP contribution >= 0.6 is 11.6 Å². The molecule has 1 saturated heterocycles. The Balaban J connectivity index is 1.47. The second kappa shape index (κ2) is 7.00. The number of halogens is 1. The molecule has 0 radical (unpaired) electrons. The molecule has 0 bridgehead atoms. The van der Waals surface area contributed by atoms with Crippen LogP contribution in [-0.2, 0) is 9.59 Å². The molecule has 2 aliphatic heterocycles. The van der Waals surface area contributed by atoms with Crippen molar-refractivity contribution in [3.63, 3.8) is 0 Å². The number of carbonyl (C=O) groups excluding carboxylic acids is 2. The van der Waals surface area contributed by atoms with Crippen LogP contribution in [0.3, 0.4) is 0 Å². The fraction of sp³-hybridized carbons (Fsp3) is 0.300. The van der Waals surface area contributed by atoms with Gasteiger partial charge in [0.15, 0.2) is 0 Å². The summed E-state index contributed by atoms with van der Waals surface area (Å²) in [5, 5.41) is 3.61. The largest absolute Gasteiger partial charge is 0.493 e. The van der Waals surface area contributed by atoms with Gasteiger partial charge >= 0.3 is 0 Å². The third-order valence-corrected chi connectivity index (χ3v) is 5.23. The lowest BCUT2D eigenvalue weighted by Gasteiger charge is -2.27. The number of anilines is 1. The molecule has 1 fully saturated rings. The lowest BCUT2D eigenvalue weighted by atomic mass is 9.99. The average Bonchev–Trinajstić information content (AvgIpc) is 3.04. The molecule has 1 N–H and O–H groups in total. The lowest BCUT2D eigenvalue weighted by Crippen LogP contribution is -2.37. The minimum absolute atomic E-state index is 0.0781. The van der Waals surface area contributed by atoms with Crippen molar-refractivity contribution >= 4 is 29.1 Å². The highest BCUT2D eigenvalue weighted by Crippen LogP contribution is 2.34. The Labute approximate surface area is 156 Å². The minimum Gasteiger partial charge on any atom is -0.493 e. The normalized spacial score (nSPS) is 21.9. The van der Waals surface area contributed by atoms with E-state index in [4.69, 9.17) is 16.3 Å². The van der Waals surface area contributed by atoms with Gasteiger partial charge in [-0.05, 0) is 18.2 Å². The highest BCUT2D eigenvalue weighted by atomic mass is 35.5. The maximum absolute atomic E-state index is 12.8. The van der Waals surface area contributed by atoms with Crippen molar-refractivity contribution in [3.8, 4) is 5.75 Å². The number of benzene rings is 2. The molecule has 2 amide bonds. The molecule has 4 rings (SSSR count). The summed E-state index contributed by atoms with van der Waals surface area (Å²) in [6, 6.07) is 14.8. The third kappa shape index (κ3) is 3.15. The standard InChI is InChI=1S/C20H19ClN2O3/c21-15-6-2-3-7-17(15)23-12-13(11-19(23)24)20(25)22-16-9-10-26-18-8-4-1-5-14(16)18/h1-8,13,16H,9-12H2,(H,22,25)/t13-,16-/m1/s1. The first-order valence-corrected chi connectivity index (χ1v) is 9.08. The van der Waals surface area contributed by atoms with Crippen LogP contribution in [0.1, 0.15) is 24.4 Å². The molecule has 0 aromatic heterocycles. The van der Waals surface area contributed by atoms with E-state index in [0.29, 0.717) is 23.9 Å². The smallest absolute Gasteiger partial charge is 0.227 e. The first-order valence-electron chi connectivity index (χ1n) is 8.70.